The van der Waals surface area contributed by atoms with Gasteiger partial charge >= 0.3 is 0 Å². The quantitative estimate of drug-likeness (QED) is 0.926. The van der Waals surface area contributed by atoms with Crippen molar-refractivity contribution in [3.63, 3.8) is 0 Å². The number of fused-ring (bicyclic) bond motifs is 1. The van der Waals surface area contributed by atoms with Gasteiger partial charge in [-0.05, 0) is 25.7 Å². The van der Waals surface area contributed by atoms with Gasteiger partial charge < -0.3 is 19.2 Å². The largest absolute Gasteiger partial charge is 0.445 e. The molecule has 0 bridgehead atoms. The molecule has 0 radical (unpaired) electrons. The SMILES string of the molecule is CC1(C)C(NC(=O)c2ncoc2C2CCCO2)C2CCCOC21. The van der Waals surface area contributed by atoms with Crippen LogP contribution < -0.4 is 5.32 Å². The molecule has 0 spiro atoms. The molecule has 126 valence electrons. The molecule has 0 aromatic carbocycles. The second kappa shape index (κ2) is 5.60. The first-order valence-electron chi connectivity index (χ1n) is 8.56. The zero-order valence-corrected chi connectivity index (χ0v) is 13.7. The third-order valence-electron chi connectivity index (χ3n) is 5.65. The first kappa shape index (κ1) is 15.1. The zero-order chi connectivity index (χ0) is 16.0. The number of amides is 1. The van der Waals surface area contributed by atoms with E-state index in [4.69, 9.17) is 13.9 Å². The van der Waals surface area contributed by atoms with Gasteiger partial charge in [-0.15, -0.1) is 0 Å². The Balaban J connectivity index is 1.49. The summed E-state index contributed by atoms with van der Waals surface area (Å²) >= 11 is 0. The molecule has 23 heavy (non-hydrogen) atoms. The van der Waals surface area contributed by atoms with E-state index < -0.39 is 0 Å². The molecule has 4 atom stereocenters. The number of nitrogens with zero attached hydrogens (tertiary/aromatic N) is 1. The van der Waals surface area contributed by atoms with Gasteiger partial charge in [-0.25, -0.2) is 4.98 Å². The topological polar surface area (TPSA) is 73.6 Å². The van der Waals surface area contributed by atoms with E-state index in [1.807, 2.05) is 0 Å². The summed E-state index contributed by atoms with van der Waals surface area (Å²) in [4.78, 5) is 16.9. The standard InChI is InChI=1S/C17H24N2O4/c1-17(2)14(10-5-3-8-22-15(10)17)19-16(20)12-13(23-9-18-12)11-6-4-7-21-11/h9-11,14-15H,3-8H2,1-2H3,(H,19,20). The molecule has 1 aliphatic carbocycles. The highest BCUT2D eigenvalue weighted by Crippen LogP contribution is 2.51. The van der Waals surface area contributed by atoms with Crippen molar-refractivity contribution >= 4 is 5.91 Å². The lowest BCUT2D eigenvalue weighted by molar-refractivity contribution is -0.189. The zero-order valence-electron chi connectivity index (χ0n) is 13.7. The predicted molar refractivity (Wildman–Crippen MR) is 81.9 cm³/mol. The van der Waals surface area contributed by atoms with Crippen molar-refractivity contribution in [2.24, 2.45) is 11.3 Å². The fourth-order valence-corrected chi connectivity index (χ4v) is 4.46. The second-order valence-corrected chi connectivity index (χ2v) is 7.44. The highest BCUT2D eigenvalue weighted by molar-refractivity contribution is 5.93. The van der Waals surface area contributed by atoms with Crippen LogP contribution >= 0.6 is 0 Å². The first-order valence-corrected chi connectivity index (χ1v) is 8.56. The average molecular weight is 320 g/mol. The Morgan fingerprint density at radius 2 is 2.04 bits per heavy atom. The van der Waals surface area contributed by atoms with Crippen molar-refractivity contribution in [3.05, 3.63) is 17.8 Å². The number of hydrogen-bond donors (Lipinski definition) is 1. The summed E-state index contributed by atoms with van der Waals surface area (Å²) in [5.41, 5.74) is 0.321. The van der Waals surface area contributed by atoms with Crippen LogP contribution in [0.2, 0.25) is 0 Å². The molecule has 6 nitrogen and oxygen atoms in total. The number of oxazole rings is 1. The summed E-state index contributed by atoms with van der Waals surface area (Å²) in [5, 5.41) is 3.18. The Morgan fingerprint density at radius 1 is 1.26 bits per heavy atom. The van der Waals surface area contributed by atoms with E-state index in [0.717, 1.165) is 32.3 Å². The number of aromatic nitrogens is 1. The molecular formula is C17H24N2O4. The Morgan fingerprint density at radius 3 is 2.83 bits per heavy atom. The number of carbonyl (C=O) groups is 1. The molecule has 1 N–H and O–H groups in total. The Kier molecular flexibility index (Phi) is 3.69. The Hall–Kier alpha value is -1.40. The minimum atomic E-state index is -0.161. The first-order chi connectivity index (χ1) is 11.1. The van der Waals surface area contributed by atoms with Crippen molar-refractivity contribution in [2.45, 2.75) is 57.8 Å². The van der Waals surface area contributed by atoms with Crippen molar-refractivity contribution in [1.29, 1.82) is 0 Å². The minimum Gasteiger partial charge on any atom is -0.445 e. The van der Waals surface area contributed by atoms with Crippen LogP contribution in [0.15, 0.2) is 10.8 Å². The van der Waals surface area contributed by atoms with Crippen molar-refractivity contribution in [2.75, 3.05) is 13.2 Å². The van der Waals surface area contributed by atoms with Gasteiger partial charge in [0.15, 0.2) is 17.8 Å². The molecular weight excluding hydrogens is 296 g/mol. The number of hydrogen-bond acceptors (Lipinski definition) is 5. The lowest BCUT2D eigenvalue weighted by Crippen LogP contribution is -2.70. The van der Waals surface area contributed by atoms with E-state index in [0.29, 0.717) is 24.0 Å². The van der Waals surface area contributed by atoms with Gasteiger partial charge in [0, 0.05) is 30.6 Å². The van der Waals surface area contributed by atoms with Crippen LogP contribution in [0.25, 0.3) is 0 Å². The van der Waals surface area contributed by atoms with E-state index in [-0.39, 0.29) is 29.6 Å². The smallest absolute Gasteiger partial charge is 0.273 e. The van der Waals surface area contributed by atoms with E-state index >= 15 is 0 Å². The van der Waals surface area contributed by atoms with Gasteiger partial charge in [-0.3, -0.25) is 4.79 Å². The molecule has 1 saturated carbocycles. The minimum absolute atomic E-state index is 0.0471. The van der Waals surface area contributed by atoms with Crippen LogP contribution in [0.3, 0.4) is 0 Å². The molecule has 1 amide bonds. The highest BCUT2D eigenvalue weighted by Gasteiger charge is 2.58. The molecule has 3 aliphatic rings. The highest BCUT2D eigenvalue weighted by atomic mass is 16.5. The molecule has 4 unspecified atom stereocenters. The van der Waals surface area contributed by atoms with Crippen LogP contribution in [0.4, 0.5) is 0 Å². The Labute approximate surface area is 135 Å². The maximum absolute atomic E-state index is 12.7. The summed E-state index contributed by atoms with van der Waals surface area (Å²) < 4.78 is 17.0. The molecule has 1 aromatic heterocycles. The van der Waals surface area contributed by atoms with Gasteiger partial charge in [-0.1, -0.05) is 13.8 Å². The van der Waals surface area contributed by atoms with Gasteiger partial charge in [-0.2, -0.15) is 0 Å². The summed E-state index contributed by atoms with van der Waals surface area (Å²) in [7, 11) is 0. The van der Waals surface area contributed by atoms with Gasteiger partial charge in [0.25, 0.3) is 5.91 Å². The molecule has 3 heterocycles. The van der Waals surface area contributed by atoms with E-state index in [2.05, 4.69) is 24.1 Å². The lowest BCUT2D eigenvalue weighted by atomic mass is 9.55. The van der Waals surface area contributed by atoms with E-state index in [1.54, 1.807) is 0 Å². The van der Waals surface area contributed by atoms with Crippen LogP contribution in [0.5, 0.6) is 0 Å². The fourth-order valence-electron chi connectivity index (χ4n) is 4.46. The molecule has 6 heteroatoms. The van der Waals surface area contributed by atoms with Crippen LogP contribution in [0.1, 0.15) is 61.9 Å². The lowest BCUT2D eigenvalue weighted by Gasteiger charge is -2.59. The van der Waals surface area contributed by atoms with Crippen LogP contribution in [0, 0.1) is 11.3 Å². The Bertz CT molecular complexity index is 591. The predicted octanol–water partition coefficient (Wildman–Crippen LogP) is 2.46. The third-order valence-corrected chi connectivity index (χ3v) is 5.65. The third kappa shape index (κ3) is 2.39. The summed E-state index contributed by atoms with van der Waals surface area (Å²) in [6.07, 6.45) is 5.48. The van der Waals surface area contributed by atoms with E-state index in [9.17, 15) is 4.79 Å². The monoisotopic (exact) mass is 320 g/mol. The van der Waals surface area contributed by atoms with Crippen molar-refractivity contribution < 1.29 is 18.7 Å². The normalized spacial score (nSPS) is 35.4. The van der Waals surface area contributed by atoms with Crippen LogP contribution in [-0.2, 0) is 9.47 Å². The summed E-state index contributed by atoms with van der Waals surface area (Å²) in [6.45, 7) is 5.86. The second-order valence-electron chi connectivity index (χ2n) is 7.44. The number of nitrogens with one attached hydrogen (secondary N) is 1. The van der Waals surface area contributed by atoms with Gasteiger partial charge in [0.05, 0.1) is 6.10 Å². The fraction of sp³-hybridized carbons (Fsp3) is 0.765. The number of ether oxygens (including phenoxy) is 2. The van der Waals surface area contributed by atoms with Crippen LogP contribution in [-0.4, -0.2) is 36.3 Å². The van der Waals surface area contributed by atoms with Crippen molar-refractivity contribution in [3.8, 4) is 0 Å². The molecule has 1 aromatic rings. The average Bonchev–Trinajstić information content (AvgIpc) is 3.22. The maximum Gasteiger partial charge on any atom is 0.273 e. The number of carbonyl (C=O) groups excluding carboxylic acids is 1. The molecule has 3 fully saturated rings. The summed E-state index contributed by atoms with van der Waals surface area (Å²) in [6, 6.07) is 0.120. The van der Waals surface area contributed by atoms with Gasteiger partial charge in [0.1, 0.15) is 6.10 Å². The summed E-state index contributed by atoms with van der Waals surface area (Å²) in [5.74, 6) is 0.806. The number of rotatable bonds is 3. The van der Waals surface area contributed by atoms with Gasteiger partial charge in [0.2, 0.25) is 0 Å². The molecule has 4 rings (SSSR count). The maximum atomic E-state index is 12.7. The van der Waals surface area contributed by atoms with Crippen molar-refractivity contribution in [1.82, 2.24) is 10.3 Å². The van der Waals surface area contributed by atoms with E-state index in [1.165, 1.54) is 6.39 Å². The molecule has 2 saturated heterocycles. The molecule has 2 aliphatic heterocycles.